The lowest BCUT2D eigenvalue weighted by Gasteiger charge is -2.29. The van der Waals surface area contributed by atoms with E-state index in [1.807, 2.05) is 4.68 Å². The number of nitrogens with zero attached hydrogens (tertiary/aromatic N) is 3. The molecule has 1 fully saturated rings. The normalized spacial score (nSPS) is 21.4. The maximum Gasteiger partial charge on any atom is 0.217 e. The number of nitrogens with one attached hydrogen (secondary N) is 1. The molecule has 0 spiro atoms. The average molecular weight is 361 g/mol. The van der Waals surface area contributed by atoms with E-state index in [1.54, 1.807) is 0 Å². The van der Waals surface area contributed by atoms with Crippen LogP contribution in [0.1, 0.15) is 46.9 Å². The van der Waals surface area contributed by atoms with E-state index in [0.717, 1.165) is 12.4 Å². The molecule has 2 rings (SSSR count). The smallest absolute Gasteiger partial charge is 0.217 e. The van der Waals surface area contributed by atoms with Crippen molar-refractivity contribution in [3.63, 3.8) is 0 Å². The molecule has 8 heteroatoms. The van der Waals surface area contributed by atoms with Gasteiger partial charge in [-0.15, -0.1) is 0 Å². The van der Waals surface area contributed by atoms with E-state index in [-0.39, 0.29) is 23.0 Å². The van der Waals surface area contributed by atoms with E-state index >= 15 is 0 Å². The molecule has 0 bridgehead atoms. The minimum Gasteiger partial charge on any atom is -0.281 e. The first-order valence-corrected chi connectivity index (χ1v) is 10.3. The number of hydrogen-bond donors (Lipinski definition) is 1. The van der Waals surface area contributed by atoms with Gasteiger partial charge in [0.1, 0.15) is 5.82 Å². The number of rotatable bonds is 5. The maximum absolute atomic E-state index is 11.8. The number of H-pyrrole nitrogens is 1. The number of aromatic nitrogens is 3. The Hall–Kier alpha value is -0.730. The van der Waals surface area contributed by atoms with Gasteiger partial charge in [-0.25, -0.2) is 18.1 Å². The van der Waals surface area contributed by atoms with Crippen LogP contribution in [0.3, 0.4) is 0 Å². The first-order chi connectivity index (χ1) is 10.5. The highest BCUT2D eigenvalue weighted by Gasteiger charge is 2.33. The highest BCUT2D eigenvalue weighted by atomic mass is 32.2. The van der Waals surface area contributed by atoms with Gasteiger partial charge >= 0.3 is 0 Å². The molecule has 6 nitrogen and oxygen atoms in total. The molecule has 1 atom stereocenters. The van der Waals surface area contributed by atoms with Crippen molar-refractivity contribution in [1.82, 2.24) is 19.7 Å². The number of sulfone groups is 1. The maximum atomic E-state index is 11.8. The number of aromatic amines is 1. The predicted octanol–water partition coefficient (Wildman–Crippen LogP) is 2.34. The molecule has 1 aliphatic heterocycles. The zero-order chi connectivity index (χ0) is 17.4. The quantitative estimate of drug-likeness (QED) is 0.816. The van der Waals surface area contributed by atoms with Gasteiger partial charge in [0.15, 0.2) is 9.84 Å². The van der Waals surface area contributed by atoms with Crippen molar-refractivity contribution >= 4 is 22.1 Å². The van der Waals surface area contributed by atoms with Crippen molar-refractivity contribution in [2.24, 2.45) is 5.92 Å². The molecular formula is C15H28N4O2S2. The van der Waals surface area contributed by atoms with Gasteiger partial charge in [-0.3, -0.25) is 10.00 Å². The Balaban J connectivity index is 2.22. The van der Waals surface area contributed by atoms with Crippen molar-refractivity contribution in [3.8, 4) is 0 Å². The van der Waals surface area contributed by atoms with E-state index in [0.29, 0.717) is 23.8 Å². The molecule has 1 aromatic rings. The molecular weight excluding hydrogens is 332 g/mol. The van der Waals surface area contributed by atoms with Crippen molar-refractivity contribution in [1.29, 1.82) is 0 Å². The van der Waals surface area contributed by atoms with Crippen LogP contribution in [-0.2, 0) is 21.9 Å². The van der Waals surface area contributed by atoms with Crippen molar-refractivity contribution < 1.29 is 8.42 Å². The molecule has 132 valence electrons. The second-order valence-electron chi connectivity index (χ2n) is 7.90. The summed E-state index contributed by atoms with van der Waals surface area (Å²) < 4.78 is 26.0. The number of hydrogen-bond acceptors (Lipinski definition) is 5. The van der Waals surface area contributed by atoms with Gasteiger partial charge < -0.3 is 0 Å². The third-order valence-electron chi connectivity index (χ3n) is 4.04. The fourth-order valence-electron chi connectivity index (χ4n) is 2.82. The summed E-state index contributed by atoms with van der Waals surface area (Å²) in [6.45, 7) is 11.9. The zero-order valence-electron chi connectivity index (χ0n) is 14.7. The molecule has 1 N–H and O–H groups in total. The van der Waals surface area contributed by atoms with E-state index < -0.39 is 9.84 Å². The standard InChI is InChI=1S/C15H28N4O2S2/c1-11(2)8-18(12-6-7-23(20,21)9-12)10-19-14(22)16-13(17-19)15(3,4)5/h11-12H,6-10H2,1-5H3,(H,16,17,22)/t12-/m0/s1. The van der Waals surface area contributed by atoms with Gasteiger partial charge in [0.05, 0.1) is 18.2 Å². The Labute approximate surface area is 144 Å². The summed E-state index contributed by atoms with van der Waals surface area (Å²) in [5, 5.41) is 3.28. The Morgan fingerprint density at radius 1 is 1.43 bits per heavy atom. The summed E-state index contributed by atoms with van der Waals surface area (Å²) in [5.74, 6) is 1.84. The summed E-state index contributed by atoms with van der Waals surface area (Å²) in [4.78, 5) is 6.66. The molecule has 1 saturated heterocycles. The first kappa shape index (κ1) is 18.6. The Morgan fingerprint density at radius 2 is 2.09 bits per heavy atom. The lowest BCUT2D eigenvalue weighted by atomic mass is 9.96. The van der Waals surface area contributed by atoms with Crippen LogP contribution in [0, 0.1) is 10.7 Å². The average Bonchev–Trinajstić information content (AvgIpc) is 2.91. The van der Waals surface area contributed by atoms with Gasteiger partial charge in [-0.1, -0.05) is 34.6 Å². The Bertz CT molecular complexity index is 698. The van der Waals surface area contributed by atoms with Crippen LogP contribution in [0.15, 0.2) is 0 Å². The lowest BCUT2D eigenvalue weighted by molar-refractivity contribution is 0.137. The van der Waals surface area contributed by atoms with E-state index in [1.165, 1.54) is 0 Å². The van der Waals surface area contributed by atoms with Crippen LogP contribution in [0.25, 0.3) is 0 Å². The second-order valence-corrected chi connectivity index (χ2v) is 10.5. The van der Waals surface area contributed by atoms with Crippen molar-refractivity contribution in [2.75, 3.05) is 18.1 Å². The molecule has 2 heterocycles. The van der Waals surface area contributed by atoms with Crippen LogP contribution in [0.5, 0.6) is 0 Å². The molecule has 0 amide bonds. The Kier molecular flexibility index (Phi) is 5.37. The predicted molar refractivity (Wildman–Crippen MR) is 94.7 cm³/mol. The van der Waals surface area contributed by atoms with Crippen LogP contribution < -0.4 is 0 Å². The highest BCUT2D eigenvalue weighted by Crippen LogP contribution is 2.21. The van der Waals surface area contributed by atoms with Gasteiger partial charge in [-0.05, 0) is 24.6 Å². The Morgan fingerprint density at radius 3 is 2.52 bits per heavy atom. The van der Waals surface area contributed by atoms with Crippen LogP contribution in [0.2, 0.25) is 0 Å². The lowest BCUT2D eigenvalue weighted by Crippen LogP contribution is -2.40. The fraction of sp³-hybridized carbons (Fsp3) is 0.867. The SMILES string of the molecule is CC(C)CN(Cn1[nH]c(C(C)(C)C)nc1=S)[C@H]1CCS(=O)(=O)C1. The minimum absolute atomic E-state index is 0.0608. The molecule has 1 aromatic heterocycles. The molecule has 1 aliphatic rings. The monoisotopic (exact) mass is 360 g/mol. The topological polar surface area (TPSA) is 71.0 Å². The first-order valence-electron chi connectivity index (χ1n) is 8.10. The van der Waals surface area contributed by atoms with Crippen LogP contribution in [0.4, 0.5) is 0 Å². The van der Waals surface area contributed by atoms with Gasteiger partial charge in [0, 0.05) is 18.0 Å². The second kappa shape index (κ2) is 6.64. The van der Waals surface area contributed by atoms with E-state index in [4.69, 9.17) is 12.2 Å². The summed E-state index contributed by atoms with van der Waals surface area (Å²) in [6, 6.07) is 0.0608. The molecule has 0 unspecified atom stereocenters. The molecule has 23 heavy (non-hydrogen) atoms. The fourth-order valence-corrected chi connectivity index (χ4v) is 4.78. The zero-order valence-corrected chi connectivity index (χ0v) is 16.3. The summed E-state index contributed by atoms with van der Waals surface area (Å²) in [5.41, 5.74) is -0.0988. The third kappa shape index (κ3) is 4.87. The van der Waals surface area contributed by atoms with Gasteiger partial charge in [0.25, 0.3) is 0 Å². The summed E-state index contributed by atoms with van der Waals surface area (Å²) in [6.07, 6.45) is 0.697. The van der Waals surface area contributed by atoms with Crippen LogP contribution >= 0.6 is 12.2 Å². The third-order valence-corrected chi connectivity index (χ3v) is 6.10. The largest absolute Gasteiger partial charge is 0.281 e. The summed E-state index contributed by atoms with van der Waals surface area (Å²) >= 11 is 5.37. The van der Waals surface area contributed by atoms with Crippen LogP contribution in [-0.4, -0.2) is 52.2 Å². The molecule has 0 radical (unpaired) electrons. The highest BCUT2D eigenvalue weighted by molar-refractivity contribution is 7.91. The van der Waals surface area contributed by atoms with Gasteiger partial charge in [0.2, 0.25) is 4.77 Å². The molecule has 0 aromatic carbocycles. The van der Waals surface area contributed by atoms with E-state index in [9.17, 15) is 8.42 Å². The summed E-state index contributed by atoms with van der Waals surface area (Å²) in [7, 11) is -2.90. The van der Waals surface area contributed by atoms with Crippen molar-refractivity contribution in [2.45, 2.75) is 59.2 Å². The minimum atomic E-state index is -2.90. The molecule has 0 saturated carbocycles. The van der Waals surface area contributed by atoms with Crippen molar-refractivity contribution in [3.05, 3.63) is 10.6 Å². The van der Waals surface area contributed by atoms with E-state index in [2.05, 4.69) is 49.6 Å². The van der Waals surface area contributed by atoms with Gasteiger partial charge in [-0.2, -0.15) is 0 Å². The molecule has 0 aliphatic carbocycles.